The summed E-state index contributed by atoms with van der Waals surface area (Å²) >= 11 is 0. The van der Waals surface area contributed by atoms with Gasteiger partial charge in [-0.3, -0.25) is 4.90 Å². The molecule has 0 atom stereocenters. The van der Waals surface area contributed by atoms with Crippen molar-refractivity contribution >= 4 is 6.09 Å². The van der Waals surface area contributed by atoms with E-state index in [-0.39, 0.29) is 12.2 Å². The van der Waals surface area contributed by atoms with Gasteiger partial charge in [0.1, 0.15) is 17.5 Å². The van der Waals surface area contributed by atoms with Crippen LogP contribution in [0.2, 0.25) is 0 Å². The molecule has 0 saturated carbocycles. The van der Waals surface area contributed by atoms with Crippen molar-refractivity contribution in [2.24, 2.45) is 0 Å². The highest BCUT2D eigenvalue weighted by molar-refractivity contribution is 5.69. The third kappa shape index (κ3) is 5.23. The van der Waals surface area contributed by atoms with Gasteiger partial charge in [0.2, 0.25) is 0 Å². The molecule has 5 nitrogen and oxygen atoms in total. The average molecular weight is 344 g/mol. The number of nitrogens with zero attached hydrogens (tertiary/aromatic N) is 2. The molecule has 0 aromatic heterocycles. The van der Waals surface area contributed by atoms with E-state index in [0.717, 1.165) is 31.8 Å². The highest BCUT2D eigenvalue weighted by Gasteiger charge is 2.35. The Morgan fingerprint density at radius 3 is 2.60 bits per heavy atom. The van der Waals surface area contributed by atoms with Crippen LogP contribution in [0.4, 0.5) is 4.79 Å². The number of carbonyl (C=O) groups is 1. The summed E-state index contributed by atoms with van der Waals surface area (Å²) < 4.78 is 11.4. The van der Waals surface area contributed by atoms with Gasteiger partial charge in [-0.15, -0.1) is 0 Å². The molecular weight excluding hydrogens is 316 g/mol. The van der Waals surface area contributed by atoms with Gasteiger partial charge < -0.3 is 14.4 Å². The fourth-order valence-corrected chi connectivity index (χ4v) is 3.04. The predicted octanol–water partition coefficient (Wildman–Crippen LogP) is 3.41. The number of hydrogen-bond acceptors (Lipinski definition) is 4. The Morgan fingerprint density at radius 2 is 1.92 bits per heavy atom. The van der Waals surface area contributed by atoms with Gasteiger partial charge in [0.25, 0.3) is 0 Å². The van der Waals surface area contributed by atoms with Gasteiger partial charge in [-0.1, -0.05) is 30.3 Å². The molecule has 2 aliphatic heterocycles. The lowest BCUT2D eigenvalue weighted by molar-refractivity contribution is -0.0464. The molecule has 25 heavy (non-hydrogen) atoms. The Hall–Kier alpha value is -2.01. The van der Waals surface area contributed by atoms with Crippen LogP contribution in [-0.4, -0.2) is 53.8 Å². The zero-order valence-corrected chi connectivity index (χ0v) is 15.4. The SMILES string of the molecule is CC(C)(C)OC(=O)N1CC(OC2=CCCN(Cc3ccccc3)C2)C1. The maximum Gasteiger partial charge on any atom is 0.410 e. The van der Waals surface area contributed by atoms with Crippen LogP contribution in [0, 0.1) is 0 Å². The zero-order chi connectivity index (χ0) is 17.9. The molecule has 1 aromatic rings. The van der Waals surface area contributed by atoms with E-state index in [1.54, 1.807) is 4.90 Å². The van der Waals surface area contributed by atoms with E-state index in [0.29, 0.717) is 13.1 Å². The fourth-order valence-electron chi connectivity index (χ4n) is 3.04. The third-order valence-electron chi connectivity index (χ3n) is 4.26. The molecule has 1 fully saturated rings. The highest BCUT2D eigenvalue weighted by Crippen LogP contribution is 2.22. The Bertz CT molecular complexity index is 616. The number of rotatable bonds is 4. The summed E-state index contributed by atoms with van der Waals surface area (Å²) in [6, 6.07) is 10.5. The first-order valence-corrected chi connectivity index (χ1v) is 8.99. The normalized spacial score (nSPS) is 19.2. The molecule has 1 saturated heterocycles. The summed E-state index contributed by atoms with van der Waals surface area (Å²) in [5.41, 5.74) is 0.871. The summed E-state index contributed by atoms with van der Waals surface area (Å²) in [7, 11) is 0. The van der Waals surface area contributed by atoms with E-state index in [9.17, 15) is 4.79 Å². The maximum absolute atomic E-state index is 12.0. The number of benzene rings is 1. The van der Waals surface area contributed by atoms with Crippen molar-refractivity contribution < 1.29 is 14.3 Å². The van der Waals surface area contributed by atoms with Gasteiger partial charge in [0.15, 0.2) is 0 Å². The lowest BCUT2D eigenvalue weighted by Crippen LogP contribution is -2.56. The molecule has 2 heterocycles. The Kier molecular flexibility index (Phi) is 5.33. The molecule has 0 radical (unpaired) electrons. The molecular formula is C20H28N2O3. The summed E-state index contributed by atoms with van der Waals surface area (Å²) in [5, 5.41) is 0. The van der Waals surface area contributed by atoms with Crippen molar-refractivity contribution in [3.8, 4) is 0 Å². The Morgan fingerprint density at radius 1 is 1.20 bits per heavy atom. The van der Waals surface area contributed by atoms with Crippen molar-refractivity contribution in [1.29, 1.82) is 0 Å². The second-order valence-electron chi connectivity index (χ2n) is 7.78. The Balaban J connectivity index is 1.42. The second-order valence-corrected chi connectivity index (χ2v) is 7.78. The van der Waals surface area contributed by atoms with Crippen LogP contribution >= 0.6 is 0 Å². The molecule has 1 amide bonds. The summed E-state index contributed by atoms with van der Waals surface area (Å²) in [6.07, 6.45) is 3.01. The van der Waals surface area contributed by atoms with Gasteiger partial charge in [0, 0.05) is 13.1 Å². The molecule has 2 aliphatic rings. The third-order valence-corrected chi connectivity index (χ3v) is 4.26. The first kappa shape index (κ1) is 17.8. The fraction of sp³-hybridized carbons (Fsp3) is 0.550. The molecule has 5 heteroatoms. The van der Waals surface area contributed by atoms with Gasteiger partial charge in [-0.25, -0.2) is 4.79 Å². The van der Waals surface area contributed by atoms with Gasteiger partial charge >= 0.3 is 6.09 Å². The molecule has 0 spiro atoms. The van der Waals surface area contributed by atoms with Crippen LogP contribution in [0.5, 0.6) is 0 Å². The van der Waals surface area contributed by atoms with Crippen molar-refractivity contribution in [1.82, 2.24) is 9.80 Å². The monoisotopic (exact) mass is 344 g/mol. The minimum absolute atomic E-state index is 0.0791. The first-order valence-electron chi connectivity index (χ1n) is 8.99. The predicted molar refractivity (Wildman–Crippen MR) is 97.1 cm³/mol. The highest BCUT2D eigenvalue weighted by atomic mass is 16.6. The molecule has 0 unspecified atom stereocenters. The number of likely N-dealkylation sites (tertiary alicyclic amines) is 1. The van der Waals surface area contributed by atoms with Gasteiger partial charge in [-0.2, -0.15) is 0 Å². The van der Waals surface area contributed by atoms with Crippen LogP contribution in [0.3, 0.4) is 0 Å². The number of ether oxygens (including phenoxy) is 2. The van der Waals surface area contributed by atoms with Crippen LogP contribution in [0.1, 0.15) is 32.8 Å². The molecule has 0 aliphatic carbocycles. The number of carbonyl (C=O) groups excluding carboxylic acids is 1. The quantitative estimate of drug-likeness (QED) is 0.839. The smallest absolute Gasteiger partial charge is 0.410 e. The Labute approximate surface area is 150 Å². The lowest BCUT2D eigenvalue weighted by atomic mass is 10.1. The minimum Gasteiger partial charge on any atom is -0.490 e. The van der Waals surface area contributed by atoms with E-state index in [1.165, 1.54) is 5.56 Å². The van der Waals surface area contributed by atoms with Crippen molar-refractivity contribution in [3.05, 3.63) is 47.7 Å². The topological polar surface area (TPSA) is 42.0 Å². The maximum atomic E-state index is 12.0. The van der Waals surface area contributed by atoms with E-state index in [4.69, 9.17) is 9.47 Å². The van der Waals surface area contributed by atoms with E-state index >= 15 is 0 Å². The van der Waals surface area contributed by atoms with Crippen molar-refractivity contribution in [2.75, 3.05) is 26.2 Å². The molecule has 136 valence electrons. The van der Waals surface area contributed by atoms with Crippen LogP contribution in [0.25, 0.3) is 0 Å². The van der Waals surface area contributed by atoms with E-state index in [2.05, 4.69) is 35.2 Å². The standard InChI is InChI=1S/C20H28N2O3/c1-20(2,3)25-19(23)22-14-18(15-22)24-17-10-7-11-21(13-17)12-16-8-5-4-6-9-16/h4-6,8-10,18H,7,11-15H2,1-3H3. The molecule has 1 aromatic carbocycles. The number of hydrogen-bond donors (Lipinski definition) is 0. The van der Waals surface area contributed by atoms with E-state index < -0.39 is 5.60 Å². The van der Waals surface area contributed by atoms with Crippen LogP contribution < -0.4 is 0 Å². The average Bonchev–Trinajstić information content (AvgIpc) is 2.50. The van der Waals surface area contributed by atoms with Crippen LogP contribution in [-0.2, 0) is 16.0 Å². The summed E-state index contributed by atoms with van der Waals surface area (Å²) in [6.45, 7) is 9.67. The minimum atomic E-state index is -0.452. The number of amides is 1. The largest absolute Gasteiger partial charge is 0.490 e. The summed E-state index contributed by atoms with van der Waals surface area (Å²) in [5.74, 6) is 1.02. The molecule has 0 bridgehead atoms. The van der Waals surface area contributed by atoms with Crippen molar-refractivity contribution in [2.45, 2.75) is 45.4 Å². The molecule has 0 N–H and O–H groups in total. The lowest BCUT2D eigenvalue weighted by Gasteiger charge is -2.40. The van der Waals surface area contributed by atoms with E-state index in [1.807, 2.05) is 26.8 Å². The molecule has 3 rings (SSSR count). The van der Waals surface area contributed by atoms with Crippen LogP contribution in [0.15, 0.2) is 42.2 Å². The van der Waals surface area contributed by atoms with Crippen molar-refractivity contribution in [3.63, 3.8) is 0 Å². The first-order chi connectivity index (χ1) is 11.9. The van der Waals surface area contributed by atoms with Gasteiger partial charge in [0.05, 0.1) is 19.6 Å². The zero-order valence-electron chi connectivity index (χ0n) is 15.4. The van der Waals surface area contributed by atoms with Gasteiger partial charge in [-0.05, 0) is 38.8 Å². The summed E-state index contributed by atoms with van der Waals surface area (Å²) in [4.78, 5) is 16.1. The second kappa shape index (κ2) is 7.48.